The normalized spacial score (nSPS) is 11.0. The maximum absolute atomic E-state index is 12.2. The SMILES string of the molecule is Cc1cc[nH]c(=O)c1-c1c(CCCN(C)C)cc[nH]c1=O. The van der Waals surface area contributed by atoms with Crippen LogP contribution < -0.4 is 11.1 Å². The van der Waals surface area contributed by atoms with Gasteiger partial charge in [-0.05, 0) is 63.7 Å². The van der Waals surface area contributed by atoms with Crippen LogP contribution in [0, 0.1) is 6.92 Å². The molecule has 112 valence electrons. The number of pyridine rings is 2. The Kier molecular flexibility index (Phi) is 4.75. The second kappa shape index (κ2) is 6.54. The number of H-pyrrole nitrogens is 2. The Hall–Kier alpha value is -2.14. The van der Waals surface area contributed by atoms with E-state index in [1.165, 1.54) is 0 Å². The molecule has 0 bridgehead atoms. The minimum absolute atomic E-state index is 0.211. The van der Waals surface area contributed by atoms with Gasteiger partial charge < -0.3 is 14.9 Å². The molecule has 0 aliphatic rings. The van der Waals surface area contributed by atoms with Crippen LogP contribution in [0.15, 0.2) is 34.1 Å². The second-order valence-electron chi connectivity index (χ2n) is 5.48. The van der Waals surface area contributed by atoms with Gasteiger partial charge in [0, 0.05) is 12.4 Å². The zero-order chi connectivity index (χ0) is 15.4. The van der Waals surface area contributed by atoms with E-state index in [4.69, 9.17) is 0 Å². The van der Waals surface area contributed by atoms with Crippen LogP contribution >= 0.6 is 0 Å². The Morgan fingerprint density at radius 2 is 1.62 bits per heavy atom. The van der Waals surface area contributed by atoms with E-state index in [0.29, 0.717) is 11.1 Å². The Morgan fingerprint density at radius 1 is 1.00 bits per heavy atom. The van der Waals surface area contributed by atoms with Crippen molar-refractivity contribution in [2.75, 3.05) is 20.6 Å². The van der Waals surface area contributed by atoms with Gasteiger partial charge in [0.1, 0.15) is 0 Å². The van der Waals surface area contributed by atoms with E-state index < -0.39 is 0 Å². The number of hydrogen-bond acceptors (Lipinski definition) is 3. The smallest absolute Gasteiger partial charge is 0.256 e. The summed E-state index contributed by atoms with van der Waals surface area (Å²) < 4.78 is 0. The van der Waals surface area contributed by atoms with E-state index in [2.05, 4.69) is 14.9 Å². The molecular formula is C16H21N3O2. The van der Waals surface area contributed by atoms with Crippen LogP contribution in [0.25, 0.3) is 11.1 Å². The van der Waals surface area contributed by atoms with Gasteiger partial charge in [-0.2, -0.15) is 0 Å². The summed E-state index contributed by atoms with van der Waals surface area (Å²) in [7, 11) is 4.04. The molecule has 0 atom stereocenters. The van der Waals surface area contributed by atoms with Crippen molar-refractivity contribution in [1.29, 1.82) is 0 Å². The van der Waals surface area contributed by atoms with E-state index in [1.54, 1.807) is 12.4 Å². The fourth-order valence-corrected chi connectivity index (χ4v) is 2.48. The summed E-state index contributed by atoms with van der Waals surface area (Å²) in [6.45, 7) is 2.79. The van der Waals surface area contributed by atoms with Gasteiger partial charge in [-0.1, -0.05) is 0 Å². The maximum Gasteiger partial charge on any atom is 0.256 e. The Balaban J connectivity index is 2.48. The lowest BCUT2D eigenvalue weighted by Gasteiger charge is -2.12. The predicted molar refractivity (Wildman–Crippen MR) is 84.7 cm³/mol. The molecule has 2 rings (SSSR count). The third-order valence-electron chi connectivity index (χ3n) is 3.52. The molecule has 5 heteroatoms. The first-order valence-electron chi connectivity index (χ1n) is 7.04. The summed E-state index contributed by atoms with van der Waals surface area (Å²) >= 11 is 0. The van der Waals surface area contributed by atoms with E-state index in [9.17, 15) is 9.59 Å². The molecule has 0 aromatic carbocycles. The number of nitrogens with zero attached hydrogens (tertiary/aromatic N) is 1. The average Bonchev–Trinajstić information content (AvgIpc) is 2.40. The van der Waals surface area contributed by atoms with Gasteiger partial charge >= 0.3 is 0 Å². The van der Waals surface area contributed by atoms with Crippen molar-refractivity contribution in [3.05, 3.63) is 56.4 Å². The zero-order valence-corrected chi connectivity index (χ0v) is 12.7. The Labute approximate surface area is 123 Å². The lowest BCUT2D eigenvalue weighted by Crippen LogP contribution is -2.20. The Morgan fingerprint density at radius 3 is 2.24 bits per heavy atom. The topological polar surface area (TPSA) is 69.0 Å². The van der Waals surface area contributed by atoms with Crippen LogP contribution in [0.3, 0.4) is 0 Å². The molecule has 0 aliphatic heterocycles. The number of nitrogens with one attached hydrogen (secondary N) is 2. The molecule has 2 aromatic rings. The summed E-state index contributed by atoms with van der Waals surface area (Å²) in [4.78, 5) is 31.8. The first kappa shape index (κ1) is 15.3. The van der Waals surface area contributed by atoms with Crippen LogP contribution in [0.5, 0.6) is 0 Å². The van der Waals surface area contributed by atoms with Crippen molar-refractivity contribution in [1.82, 2.24) is 14.9 Å². The lowest BCUT2D eigenvalue weighted by molar-refractivity contribution is 0.400. The van der Waals surface area contributed by atoms with Gasteiger partial charge in [-0.3, -0.25) is 9.59 Å². The van der Waals surface area contributed by atoms with Crippen molar-refractivity contribution in [3.63, 3.8) is 0 Å². The van der Waals surface area contributed by atoms with Gasteiger partial charge in [0.15, 0.2) is 0 Å². The molecule has 2 heterocycles. The highest BCUT2D eigenvalue weighted by Gasteiger charge is 2.15. The van der Waals surface area contributed by atoms with Gasteiger partial charge in [0.05, 0.1) is 11.1 Å². The molecule has 21 heavy (non-hydrogen) atoms. The van der Waals surface area contributed by atoms with Gasteiger partial charge in [0.2, 0.25) is 0 Å². The molecule has 2 N–H and O–H groups in total. The fourth-order valence-electron chi connectivity index (χ4n) is 2.48. The third kappa shape index (κ3) is 3.49. The number of hydrogen-bond donors (Lipinski definition) is 2. The second-order valence-corrected chi connectivity index (χ2v) is 5.48. The summed E-state index contributed by atoms with van der Waals surface area (Å²) in [5.41, 5.74) is 2.26. The van der Waals surface area contributed by atoms with Crippen molar-refractivity contribution in [2.24, 2.45) is 0 Å². The molecule has 0 radical (unpaired) electrons. The first-order chi connectivity index (χ1) is 10.0. The summed E-state index contributed by atoms with van der Waals surface area (Å²) in [5, 5.41) is 0. The Bertz CT molecular complexity index is 729. The van der Waals surface area contributed by atoms with Gasteiger partial charge in [0.25, 0.3) is 11.1 Å². The van der Waals surface area contributed by atoms with Crippen LogP contribution in [0.4, 0.5) is 0 Å². The number of aryl methyl sites for hydroxylation is 2. The highest BCUT2D eigenvalue weighted by molar-refractivity contribution is 5.68. The minimum atomic E-state index is -0.222. The molecule has 0 spiro atoms. The molecular weight excluding hydrogens is 266 g/mol. The van der Waals surface area contributed by atoms with Crippen molar-refractivity contribution in [3.8, 4) is 11.1 Å². The van der Waals surface area contributed by atoms with Crippen LogP contribution in [0.1, 0.15) is 17.5 Å². The fraction of sp³-hybridized carbons (Fsp3) is 0.375. The number of aromatic nitrogens is 2. The van der Waals surface area contributed by atoms with Gasteiger partial charge in [-0.15, -0.1) is 0 Å². The molecule has 0 unspecified atom stereocenters. The largest absolute Gasteiger partial charge is 0.329 e. The van der Waals surface area contributed by atoms with Crippen LogP contribution in [-0.4, -0.2) is 35.5 Å². The minimum Gasteiger partial charge on any atom is -0.329 e. The third-order valence-corrected chi connectivity index (χ3v) is 3.52. The van der Waals surface area contributed by atoms with Crippen LogP contribution in [-0.2, 0) is 6.42 Å². The van der Waals surface area contributed by atoms with Gasteiger partial charge in [-0.25, -0.2) is 0 Å². The highest BCUT2D eigenvalue weighted by atomic mass is 16.1. The number of aromatic amines is 2. The lowest BCUT2D eigenvalue weighted by atomic mass is 9.96. The highest BCUT2D eigenvalue weighted by Crippen LogP contribution is 2.20. The quantitative estimate of drug-likeness (QED) is 0.876. The summed E-state index contributed by atoms with van der Waals surface area (Å²) in [5.74, 6) is 0. The number of rotatable bonds is 5. The van der Waals surface area contributed by atoms with E-state index >= 15 is 0 Å². The van der Waals surface area contributed by atoms with Crippen molar-refractivity contribution < 1.29 is 0 Å². The molecule has 2 aromatic heterocycles. The molecule has 0 amide bonds. The molecule has 0 saturated carbocycles. The van der Waals surface area contributed by atoms with Crippen molar-refractivity contribution >= 4 is 0 Å². The summed E-state index contributed by atoms with van der Waals surface area (Å²) in [6, 6.07) is 3.70. The van der Waals surface area contributed by atoms with Crippen LogP contribution in [0.2, 0.25) is 0 Å². The maximum atomic E-state index is 12.2. The molecule has 0 fully saturated rings. The molecule has 0 saturated heterocycles. The van der Waals surface area contributed by atoms with E-state index in [1.807, 2.05) is 33.2 Å². The standard InChI is InChI=1S/C16H21N3O2/c1-11-6-8-17-15(20)13(11)14-12(5-4-10-19(2)3)7-9-18-16(14)21/h6-9H,4-5,10H2,1-3H3,(H,17,20)(H,18,21). The monoisotopic (exact) mass is 287 g/mol. The molecule has 5 nitrogen and oxygen atoms in total. The predicted octanol–water partition coefficient (Wildman–Crippen LogP) is 1.53. The average molecular weight is 287 g/mol. The van der Waals surface area contributed by atoms with E-state index in [0.717, 1.165) is 30.5 Å². The summed E-state index contributed by atoms with van der Waals surface area (Å²) in [6.07, 6.45) is 4.95. The van der Waals surface area contributed by atoms with E-state index in [-0.39, 0.29) is 11.1 Å². The van der Waals surface area contributed by atoms with Crippen molar-refractivity contribution in [2.45, 2.75) is 19.8 Å². The molecule has 0 aliphatic carbocycles. The zero-order valence-electron chi connectivity index (χ0n) is 12.7. The first-order valence-corrected chi connectivity index (χ1v) is 7.04.